The molecule has 0 aromatic heterocycles. The number of carbonyl (C=O) groups is 1. The molecule has 1 saturated heterocycles. The zero-order valence-corrected chi connectivity index (χ0v) is 21.1. The Kier molecular flexibility index (Phi) is 7.47. The standard InChI is InChI=1S/C31H25FN2O2S/c1-22-7-15-27(16-8-22)33-31-34(20-24-5-3-2-4-6-24)30(35)29(37-31)19-23-11-17-28(18-12-23)36-21-25-9-13-26(32)14-10-25/h2-19H,20-21H2,1H3/b29-19+,33-31?. The van der Waals surface area contributed by atoms with Crippen LogP contribution in [0.1, 0.15) is 22.3 Å². The monoisotopic (exact) mass is 508 g/mol. The van der Waals surface area contributed by atoms with Crippen molar-refractivity contribution in [2.75, 3.05) is 0 Å². The second-order valence-corrected chi connectivity index (χ2v) is 9.71. The number of halogens is 1. The van der Waals surface area contributed by atoms with E-state index in [-0.39, 0.29) is 11.7 Å². The summed E-state index contributed by atoms with van der Waals surface area (Å²) in [4.78, 5) is 20.6. The van der Waals surface area contributed by atoms with Crippen LogP contribution in [-0.2, 0) is 17.9 Å². The lowest BCUT2D eigenvalue weighted by molar-refractivity contribution is -0.122. The van der Waals surface area contributed by atoms with Gasteiger partial charge in [0.1, 0.15) is 18.2 Å². The van der Waals surface area contributed by atoms with Gasteiger partial charge in [-0.15, -0.1) is 0 Å². The van der Waals surface area contributed by atoms with E-state index < -0.39 is 0 Å². The van der Waals surface area contributed by atoms with Crippen molar-refractivity contribution in [2.24, 2.45) is 4.99 Å². The van der Waals surface area contributed by atoms with Gasteiger partial charge < -0.3 is 4.74 Å². The van der Waals surface area contributed by atoms with Gasteiger partial charge in [0, 0.05) is 0 Å². The topological polar surface area (TPSA) is 41.9 Å². The highest BCUT2D eigenvalue weighted by Crippen LogP contribution is 2.35. The minimum Gasteiger partial charge on any atom is -0.489 e. The third-order valence-electron chi connectivity index (χ3n) is 5.83. The molecule has 1 aliphatic heterocycles. The number of benzene rings is 4. The Bertz CT molecular complexity index is 1430. The van der Waals surface area contributed by atoms with E-state index in [9.17, 15) is 9.18 Å². The van der Waals surface area contributed by atoms with E-state index in [1.807, 2.05) is 91.9 Å². The van der Waals surface area contributed by atoms with Crippen molar-refractivity contribution in [1.82, 2.24) is 4.90 Å². The quantitative estimate of drug-likeness (QED) is 0.243. The summed E-state index contributed by atoms with van der Waals surface area (Å²) in [6, 6.07) is 31.7. The minimum absolute atomic E-state index is 0.0728. The predicted octanol–water partition coefficient (Wildman–Crippen LogP) is 7.52. The smallest absolute Gasteiger partial charge is 0.267 e. The van der Waals surface area contributed by atoms with Crippen LogP contribution in [0.15, 0.2) is 113 Å². The van der Waals surface area contributed by atoms with E-state index in [2.05, 4.69) is 0 Å². The molecule has 1 fully saturated rings. The van der Waals surface area contributed by atoms with Crippen molar-refractivity contribution in [2.45, 2.75) is 20.1 Å². The van der Waals surface area contributed by atoms with Crippen LogP contribution in [0.25, 0.3) is 6.08 Å². The highest BCUT2D eigenvalue weighted by Gasteiger charge is 2.33. The molecule has 6 heteroatoms. The van der Waals surface area contributed by atoms with Gasteiger partial charge in [-0.05, 0) is 77.9 Å². The predicted molar refractivity (Wildman–Crippen MR) is 148 cm³/mol. The molecule has 1 amide bonds. The lowest BCUT2D eigenvalue weighted by Gasteiger charge is -2.15. The number of amidine groups is 1. The van der Waals surface area contributed by atoms with Crippen LogP contribution in [0.2, 0.25) is 0 Å². The van der Waals surface area contributed by atoms with Crippen LogP contribution in [0, 0.1) is 12.7 Å². The summed E-state index contributed by atoms with van der Waals surface area (Å²) >= 11 is 1.38. The molecule has 1 heterocycles. The number of amides is 1. The summed E-state index contributed by atoms with van der Waals surface area (Å²) in [6.45, 7) is 2.83. The van der Waals surface area contributed by atoms with Crippen molar-refractivity contribution < 1.29 is 13.9 Å². The van der Waals surface area contributed by atoms with Crippen molar-refractivity contribution >= 4 is 34.6 Å². The van der Waals surface area contributed by atoms with E-state index >= 15 is 0 Å². The number of rotatable bonds is 7. The molecule has 4 aromatic carbocycles. The molecular formula is C31H25FN2O2S. The fraction of sp³-hybridized carbons (Fsp3) is 0.0968. The molecule has 5 rings (SSSR count). The van der Waals surface area contributed by atoms with E-state index in [1.165, 1.54) is 23.9 Å². The Balaban J connectivity index is 1.34. The first-order valence-corrected chi connectivity index (χ1v) is 12.7. The summed E-state index contributed by atoms with van der Waals surface area (Å²) in [5.41, 5.74) is 4.78. The minimum atomic E-state index is -0.269. The van der Waals surface area contributed by atoms with Crippen LogP contribution in [0.5, 0.6) is 5.75 Å². The molecule has 0 atom stereocenters. The number of nitrogens with zero attached hydrogens (tertiary/aromatic N) is 2. The maximum absolute atomic E-state index is 13.4. The summed E-state index contributed by atoms with van der Waals surface area (Å²) in [5.74, 6) is 0.357. The molecule has 0 radical (unpaired) electrons. The number of aryl methyl sites for hydroxylation is 1. The van der Waals surface area contributed by atoms with Crippen molar-refractivity contribution in [1.29, 1.82) is 0 Å². The average molecular weight is 509 g/mol. The lowest BCUT2D eigenvalue weighted by Crippen LogP contribution is -2.28. The maximum atomic E-state index is 13.4. The van der Waals surface area contributed by atoms with Gasteiger partial charge in [-0.3, -0.25) is 9.69 Å². The van der Waals surface area contributed by atoms with Crippen LogP contribution in [0.3, 0.4) is 0 Å². The number of aliphatic imine (C=N–C) groups is 1. The largest absolute Gasteiger partial charge is 0.489 e. The van der Waals surface area contributed by atoms with E-state index in [0.717, 1.165) is 27.9 Å². The fourth-order valence-electron chi connectivity index (χ4n) is 3.79. The third kappa shape index (κ3) is 6.35. The Morgan fingerprint density at radius 1 is 0.865 bits per heavy atom. The van der Waals surface area contributed by atoms with Gasteiger partial charge in [0.05, 0.1) is 17.1 Å². The zero-order valence-electron chi connectivity index (χ0n) is 20.3. The van der Waals surface area contributed by atoms with Gasteiger partial charge in [-0.2, -0.15) is 0 Å². The first-order chi connectivity index (χ1) is 18.0. The highest BCUT2D eigenvalue weighted by molar-refractivity contribution is 8.18. The van der Waals surface area contributed by atoms with Crippen molar-refractivity contribution in [3.05, 3.63) is 136 Å². The number of hydrogen-bond donors (Lipinski definition) is 0. The van der Waals surface area contributed by atoms with Crippen LogP contribution < -0.4 is 4.74 Å². The van der Waals surface area contributed by atoms with E-state index in [4.69, 9.17) is 9.73 Å². The van der Waals surface area contributed by atoms with E-state index in [0.29, 0.717) is 29.0 Å². The van der Waals surface area contributed by atoms with Gasteiger partial charge in [-0.1, -0.05) is 72.3 Å². The molecule has 0 saturated carbocycles. The molecule has 0 bridgehead atoms. The molecule has 37 heavy (non-hydrogen) atoms. The molecular weight excluding hydrogens is 483 g/mol. The zero-order chi connectivity index (χ0) is 25.6. The molecule has 4 nitrogen and oxygen atoms in total. The molecule has 0 aliphatic carbocycles. The van der Waals surface area contributed by atoms with Crippen molar-refractivity contribution in [3.8, 4) is 5.75 Å². The summed E-state index contributed by atoms with van der Waals surface area (Å²) in [6.07, 6.45) is 1.88. The summed E-state index contributed by atoms with van der Waals surface area (Å²) in [5, 5.41) is 0.656. The number of hydrogen-bond acceptors (Lipinski definition) is 4. The first-order valence-electron chi connectivity index (χ1n) is 11.9. The Morgan fingerprint density at radius 2 is 1.57 bits per heavy atom. The Labute approximate surface area is 220 Å². The second kappa shape index (κ2) is 11.3. The van der Waals surface area contributed by atoms with Crippen LogP contribution >= 0.6 is 11.8 Å². The molecule has 4 aromatic rings. The Morgan fingerprint density at radius 3 is 2.27 bits per heavy atom. The number of ether oxygens (including phenoxy) is 1. The van der Waals surface area contributed by atoms with Crippen molar-refractivity contribution in [3.63, 3.8) is 0 Å². The van der Waals surface area contributed by atoms with Gasteiger partial charge >= 0.3 is 0 Å². The summed E-state index contributed by atoms with van der Waals surface area (Å²) in [7, 11) is 0. The van der Waals surface area contributed by atoms with Crippen LogP contribution in [-0.4, -0.2) is 16.0 Å². The van der Waals surface area contributed by atoms with Gasteiger partial charge in [-0.25, -0.2) is 9.38 Å². The number of thioether (sulfide) groups is 1. The fourth-order valence-corrected chi connectivity index (χ4v) is 4.78. The number of carbonyl (C=O) groups excluding carboxylic acids is 1. The molecule has 184 valence electrons. The first kappa shape index (κ1) is 24.5. The Hall–Kier alpha value is -4.16. The summed E-state index contributed by atoms with van der Waals surface area (Å²) < 4.78 is 18.9. The average Bonchev–Trinajstić information content (AvgIpc) is 3.20. The molecule has 0 spiro atoms. The van der Waals surface area contributed by atoms with E-state index in [1.54, 1.807) is 17.0 Å². The second-order valence-electron chi connectivity index (χ2n) is 8.70. The lowest BCUT2D eigenvalue weighted by atomic mass is 10.2. The van der Waals surface area contributed by atoms with Gasteiger partial charge in [0.2, 0.25) is 0 Å². The SMILES string of the molecule is Cc1ccc(N=C2S/C(=C/c3ccc(OCc4ccc(F)cc4)cc3)C(=O)N2Cc2ccccc2)cc1. The normalized spacial score (nSPS) is 15.5. The molecule has 0 unspecified atom stereocenters. The highest BCUT2D eigenvalue weighted by atomic mass is 32.2. The van der Waals surface area contributed by atoms with Crippen LogP contribution in [0.4, 0.5) is 10.1 Å². The molecule has 0 N–H and O–H groups in total. The van der Waals surface area contributed by atoms with Gasteiger partial charge in [0.15, 0.2) is 5.17 Å². The maximum Gasteiger partial charge on any atom is 0.267 e. The molecule has 1 aliphatic rings. The third-order valence-corrected chi connectivity index (χ3v) is 6.83. The van der Waals surface area contributed by atoms with Gasteiger partial charge in [0.25, 0.3) is 5.91 Å².